The highest BCUT2D eigenvalue weighted by Crippen LogP contribution is 2.23. The van der Waals surface area contributed by atoms with Gasteiger partial charge in [0.2, 0.25) is 0 Å². The Morgan fingerprint density at radius 2 is 1.81 bits per heavy atom. The minimum absolute atomic E-state index is 0.652. The van der Waals surface area contributed by atoms with E-state index in [1.54, 1.807) is 11.4 Å². The van der Waals surface area contributed by atoms with E-state index >= 15 is 0 Å². The van der Waals surface area contributed by atoms with Crippen LogP contribution >= 0.6 is 12.2 Å². The van der Waals surface area contributed by atoms with Crippen LogP contribution in [0.1, 0.15) is 11.1 Å². The van der Waals surface area contributed by atoms with Gasteiger partial charge in [-0.2, -0.15) is 5.26 Å². The van der Waals surface area contributed by atoms with Crippen molar-refractivity contribution in [3.8, 4) is 17.2 Å². The number of rotatable bonds is 2. The molecule has 0 saturated heterocycles. The predicted molar refractivity (Wildman–Crippen MR) is 69.4 cm³/mol. The van der Waals surface area contributed by atoms with Crippen LogP contribution in [-0.4, -0.2) is 5.37 Å². The fourth-order valence-corrected chi connectivity index (χ4v) is 1.80. The van der Waals surface area contributed by atoms with E-state index in [0.717, 1.165) is 16.7 Å². The molecule has 0 spiro atoms. The summed E-state index contributed by atoms with van der Waals surface area (Å²) in [5, 5.41) is 10.5. The maximum Gasteiger partial charge on any atom is 0.0991 e. The first-order valence-corrected chi connectivity index (χ1v) is 5.37. The molecule has 2 rings (SSSR count). The van der Waals surface area contributed by atoms with Gasteiger partial charge in [0.1, 0.15) is 0 Å². The largest absolute Gasteiger partial charge is 0.192 e. The van der Waals surface area contributed by atoms with Crippen LogP contribution < -0.4 is 0 Å². The Labute approximate surface area is 100.0 Å². The van der Waals surface area contributed by atoms with Crippen molar-refractivity contribution >= 4 is 17.6 Å². The van der Waals surface area contributed by atoms with Gasteiger partial charge in [-0.15, -0.1) is 0 Å². The predicted octanol–water partition coefficient (Wildman–Crippen LogP) is 3.57. The molecule has 2 aromatic carbocycles. The molecule has 0 N–H and O–H groups in total. The summed E-state index contributed by atoms with van der Waals surface area (Å²) in [7, 11) is 0. The van der Waals surface area contributed by atoms with Gasteiger partial charge < -0.3 is 0 Å². The number of nitrogens with zero attached hydrogens (tertiary/aromatic N) is 1. The minimum Gasteiger partial charge on any atom is -0.192 e. The molecule has 0 fully saturated rings. The van der Waals surface area contributed by atoms with Gasteiger partial charge in [0, 0.05) is 5.37 Å². The molecule has 0 heterocycles. The van der Waals surface area contributed by atoms with Crippen LogP contribution in [0.5, 0.6) is 0 Å². The average Bonchev–Trinajstić information content (AvgIpc) is 2.39. The van der Waals surface area contributed by atoms with Crippen molar-refractivity contribution in [2.45, 2.75) is 0 Å². The van der Waals surface area contributed by atoms with Crippen molar-refractivity contribution < 1.29 is 0 Å². The molecule has 0 atom stereocenters. The first-order chi connectivity index (χ1) is 7.85. The van der Waals surface area contributed by atoms with Crippen molar-refractivity contribution in [1.82, 2.24) is 0 Å². The van der Waals surface area contributed by atoms with Crippen molar-refractivity contribution in [3.63, 3.8) is 0 Å². The molecule has 0 aliphatic carbocycles. The van der Waals surface area contributed by atoms with Gasteiger partial charge in [-0.05, 0) is 28.8 Å². The second-order valence-electron chi connectivity index (χ2n) is 3.40. The molecule has 0 aliphatic rings. The van der Waals surface area contributed by atoms with E-state index in [0.29, 0.717) is 5.56 Å². The lowest BCUT2D eigenvalue weighted by molar-refractivity contribution is 1.48. The van der Waals surface area contributed by atoms with E-state index in [2.05, 4.69) is 6.07 Å². The van der Waals surface area contributed by atoms with Crippen LogP contribution in [0.25, 0.3) is 11.1 Å². The Kier molecular flexibility index (Phi) is 3.09. The zero-order chi connectivity index (χ0) is 11.4. The molecule has 2 heteroatoms. The summed E-state index contributed by atoms with van der Waals surface area (Å²) < 4.78 is 0. The average molecular weight is 223 g/mol. The van der Waals surface area contributed by atoms with E-state index in [1.807, 2.05) is 42.5 Å². The highest BCUT2D eigenvalue weighted by atomic mass is 32.1. The molecule has 0 aliphatic heterocycles. The third-order valence-corrected chi connectivity index (χ3v) is 2.65. The molecule has 0 amide bonds. The third-order valence-electron chi connectivity index (χ3n) is 2.39. The minimum atomic E-state index is 0.652. The lowest BCUT2D eigenvalue weighted by Crippen LogP contribution is -1.88. The second kappa shape index (κ2) is 4.69. The second-order valence-corrected chi connectivity index (χ2v) is 3.63. The molecule has 0 unspecified atom stereocenters. The van der Waals surface area contributed by atoms with Gasteiger partial charge in [-0.1, -0.05) is 48.6 Å². The Morgan fingerprint density at radius 1 is 1.06 bits per heavy atom. The zero-order valence-corrected chi connectivity index (χ0v) is 9.37. The van der Waals surface area contributed by atoms with Crippen LogP contribution in [-0.2, 0) is 0 Å². The fourth-order valence-electron chi connectivity index (χ4n) is 1.60. The molecule has 0 radical (unpaired) electrons. The van der Waals surface area contributed by atoms with Gasteiger partial charge in [0.25, 0.3) is 0 Å². The summed E-state index contributed by atoms with van der Waals surface area (Å²) in [6.45, 7) is 0. The first kappa shape index (κ1) is 10.5. The quantitative estimate of drug-likeness (QED) is 0.727. The van der Waals surface area contributed by atoms with E-state index < -0.39 is 0 Å². The number of thiocarbonyl (C=S) groups is 1. The smallest absolute Gasteiger partial charge is 0.0991 e. The molecule has 1 nitrogen and oxygen atoms in total. The Bertz CT molecular complexity index is 553. The normalized spacial score (nSPS) is 9.44. The van der Waals surface area contributed by atoms with Crippen LogP contribution in [0.3, 0.4) is 0 Å². The topological polar surface area (TPSA) is 23.8 Å². The van der Waals surface area contributed by atoms with Crippen LogP contribution in [0.2, 0.25) is 0 Å². The van der Waals surface area contributed by atoms with Crippen molar-refractivity contribution in [1.29, 1.82) is 5.26 Å². The van der Waals surface area contributed by atoms with Crippen LogP contribution in [0.4, 0.5) is 0 Å². The summed E-state index contributed by atoms with van der Waals surface area (Å²) in [6.07, 6.45) is 0. The van der Waals surface area contributed by atoms with Crippen molar-refractivity contribution in [2.75, 3.05) is 0 Å². The summed E-state index contributed by atoms with van der Waals surface area (Å²) in [4.78, 5) is 0. The van der Waals surface area contributed by atoms with Gasteiger partial charge >= 0.3 is 0 Å². The molecule has 16 heavy (non-hydrogen) atoms. The maximum absolute atomic E-state index is 8.89. The number of hydrogen-bond donors (Lipinski definition) is 0. The van der Waals surface area contributed by atoms with Gasteiger partial charge in [0.15, 0.2) is 0 Å². The van der Waals surface area contributed by atoms with Crippen molar-refractivity contribution in [2.24, 2.45) is 0 Å². The Morgan fingerprint density at radius 3 is 2.44 bits per heavy atom. The number of hydrogen-bond acceptors (Lipinski definition) is 2. The van der Waals surface area contributed by atoms with Gasteiger partial charge in [-0.3, -0.25) is 0 Å². The molecular formula is C14H9NS. The van der Waals surface area contributed by atoms with E-state index in [-0.39, 0.29) is 0 Å². The fraction of sp³-hybridized carbons (Fsp3) is 0. The number of benzene rings is 2. The van der Waals surface area contributed by atoms with Crippen molar-refractivity contribution in [3.05, 3.63) is 59.7 Å². The lowest BCUT2D eigenvalue weighted by Gasteiger charge is -2.05. The molecule has 0 saturated carbocycles. The number of nitriles is 1. The maximum atomic E-state index is 8.89. The summed E-state index contributed by atoms with van der Waals surface area (Å²) in [6, 6.07) is 17.6. The standard InChI is InChI=1S/C14H9NS/c15-9-11-6-7-13(10-16)14(8-11)12-4-2-1-3-5-12/h1-8,10H. The van der Waals surface area contributed by atoms with Gasteiger partial charge in [0.05, 0.1) is 11.6 Å². The molecule has 2 aromatic rings. The molecule has 0 bridgehead atoms. The highest BCUT2D eigenvalue weighted by Gasteiger charge is 2.03. The monoisotopic (exact) mass is 223 g/mol. The molecular weight excluding hydrogens is 214 g/mol. The van der Waals surface area contributed by atoms with E-state index in [9.17, 15) is 0 Å². The van der Waals surface area contributed by atoms with Crippen LogP contribution in [0.15, 0.2) is 48.5 Å². The van der Waals surface area contributed by atoms with Crippen LogP contribution in [0, 0.1) is 11.3 Å². The summed E-state index contributed by atoms with van der Waals surface area (Å²) >= 11 is 4.98. The first-order valence-electron chi connectivity index (χ1n) is 4.90. The van der Waals surface area contributed by atoms with E-state index in [4.69, 9.17) is 17.5 Å². The zero-order valence-electron chi connectivity index (χ0n) is 8.55. The van der Waals surface area contributed by atoms with Gasteiger partial charge in [-0.25, -0.2) is 0 Å². The molecule has 76 valence electrons. The van der Waals surface area contributed by atoms with E-state index in [1.165, 1.54) is 0 Å². The SMILES string of the molecule is N#Cc1ccc(C=S)c(-c2ccccc2)c1. The molecule has 0 aromatic heterocycles. The third kappa shape index (κ3) is 2.00. The Hall–Kier alpha value is -1.98. The highest BCUT2D eigenvalue weighted by molar-refractivity contribution is 7.79. The lowest BCUT2D eigenvalue weighted by atomic mass is 9.98. The summed E-state index contributed by atoms with van der Waals surface area (Å²) in [5.41, 5.74) is 3.71. The Balaban J connectivity index is 2.63. The summed E-state index contributed by atoms with van der Waals surface area (Å²) in [5.74, 6) is 0.